The molecule has 2 aromatic carbocycles. The van der Waals surface area contributed by atoms with Crippen LogP contribution in [0.25, 0.3) is 10.8 Å². The molecule has 132 valence electrons. The largest absolute Gasteiger partial charge is 0.494 e. The molecule has 0 saturated carbocycles. The molecule has 2 rings (SSSR count). The number of hydrogen-bond donors (Lipinski definition) is 0. The first-order valence-electron chi connectivity index (χ1n) is 8.70. The second kappa shape index (κ2) is 9.63. The van der Waals surface area contributed by atoms with E-state index in [9.17, 15) is 0 Å². The Morgan fingerprint density at radius 1 is 1.04 bits per heavy atom. The maximum Gasteiger partial charge on any atom is 0.168 e. The Labute approximate surface area is 149 Å². The zero-order valence-electron chi connectivity index (χ0n) is 14.8. The van der Waals surface area contributed by atoms with Crippen molar-refractivity contribution < 1.29 is 14.2 Å². The van der Waals surface area contributed by atoms with Crippen LogP contribution in [0.5, 0.6) is 17.2 Å². The smallest absolute Gasteiger partial charge is 0.168 e. The second-order valence-electron chi connectivity index (χ2n) is 5.76. The topological polar surface area (TPSA) is 27.7 Å². The Morgan fingerprint density at radius 3 is 2.58 bits per heavy atom. The van der Waals surface area contributed by atoms with E-state index in [4.69, 9.17) is 25.8 Å². The van der Waals surface area contributed by atoms with Crippen molar-refractivity contribution >= 4 is 22.4 Å². The van der Waals surface area contributed by atoms with Gasteiger partial charge in [0.1, 0.15) is 5.75 Å². The number of ether oxygens (including phenoxy) is 3. The van der Waals surface area contributed by atoms with Gasteiger partial charge in [-0.15, -0.1) is 11.6 Å². The van der Waals surface area contributed by atoms with Crippen molar-refractivity contribution in [3.05, 3.63) is 30.3 Å². The molecule has 3 nitrogen and oxygen atoms in total. The molecule has 0 fully saturated rings. The summed E-state index contributed by atoms with van der Waals surface area (Å²) in [4.78, 5) is 0. The minimum absolute atomic E-state index is 0.278. The third-order valence-electron chi connectivity index (χ3n) is 4.03. The molecular weight excluding hydrogens is 324 g/mol. The summed E-state index contributed by atoms with van der Waals surface area (Å²) in [7, 11) is 1.68. The Balaban J connectivity index is 2.03. The molecule has 0 N–H and O–H groups in total. The van der Waals surface area contributed by atoms with Crippen molar-refractivity contribution in [3.8, 4) is 17.2 Å². The van der Waals surface area contributed by atoms with Crippen molar-refractivity contribution in [2.45, 2.75) is 44.9 Å². The molecule has 0 amide bonds. The molecule has 0 aliphatic carbocycles. The monoisotopic (exact) mass is 350 g/mol. The summed E-state index contributed by atoms with van der Waals surface area (Å²) in [6.07, 6.45) is 4.13. The maximum atomic E-state index is 6.14. The lowest BCUT2D eigenvalue weighted by Crippen LogP contribution is -2.02. The quantitative estimate of drug-likeness (QED) is 0.399. The first-order chi connectivity index (χ1) is 11.7. The van der Waals surface area contributed by atoms with Crippen molar-refractivity contribution in [1.29, 1.82) is 0 Å². The number of methoxy groups -OCH3 is 1. The molecule has 0 aliphatic rings. The highest BCUT2D eigenvalue weighted by molar-refractivity contribution is 6.20. The fourth-order valence-electron chi connectivity index (χ4n) is 2.69. The van der Waals surface area contributed by atoms with Crippen LogP contribution in [0.4, 0.5) is 0 Å². The molecule has 4 heteroatoms. The van der Waals surface area contributed by atoms with Gasteiger partial charge in [-0.2, -0.15) is 0 Å². The second-order valence-corrected chi connectivity index (χ2v) is 6.38. The van der Waals surface area contributed by atoms with Crippen LogP contribution >= 0.6 is 11.6 Å². The molecule has 2 aromatic rings. The summed E-state index contributed by atoms with van der Waals surface area (Å²) in [5, 5.41) is 2.39. The lowest BCUT2D eigenvalue weighted by Gasteiger charge is -2.14. The van der Waals surface area contributed by atoms with E-state index in [2.05, 4.69) is 6.92 Å². The average Bonchev–Trinajstić information content (AvgIpc) is 2.61. The molecule has 0 spiro atoms. The first kappa shape index (κ1) is 18.7. The number of hydrogen-bond acceptors (Lipinski definition) is 3. The van der Waals surface area contributed by atoms with E-state index in [0.717, 1.165) is 53.7 Å². The van der Waals surface area contributed by atoms with E-state index in [1.165, 1.54) is 0 Å². The van der Waals surface area contributed by atoms with E-state index in [1.807, 2.05) is 37.3 Å². The summed E-state index contributed by atoms with van der Waals surface area (Å²) in [6, 6.07) is 10.0. The normalized spacial score (nSPS) is 12.2. The molecule has 0 aromatic heterocycles. The summed E-state index contributed by atoms with van der Waals surface area (Å²) in [5.41, 5.74) is 0. The van der Waals surface area contributed by atoms with Crippen LogP contribution in [0.15, 0.2) is 30.3 Å². The van der Waals surface area contributed by atoms with E-state index in [1.54, 1.807) is 7.11 Å². The van der Waals surface area contributed by atoms with Gasteiger partial charge in [-0.1, -0.05) is 13.0 Å². The molecule has 0 aliphatic heterocycles. The molecule has 0 bridgehead atoms. The number of unbranched alkanes of at least 4 members (excludes halogenated alkanes) is 1. The van der Waals surface area contributed by atoms with Gasteiger partial charge in [0.05, 0.1) is 20.3 Å². The number of rotatable bonds is 10. The molecule has 1 atom stereocenters. The van der Waals surface area contributed by atoms with E-state index >= 15 is 0 Å². The molecule has 0 heterocycles. The zero-order chi connectivity index (χ0) is 17.4. The van der Waals surface area contributed by atoms with Crippen LogP contribution in [0, 0.1) is 0 Å². The summed E-state index contributed by atoms with van der Waals surface area (Å²) >= 11 is 6.14. The number of fused-ring (bicyclic) bond motifs is 1. The summed E-state index contributed by atoms with van der Waals surface area (Å²) in [5.74, 6) is 2.43. The zero-order valence-corrected chi connectivity index (χ0v) is 15.6. The molecule has 1 unspecified atom stereocenters. The number of halogens is 1. The molecule has 24 heavy (non-hydrogen) atoms. The minimum atomic E-state index is 0.278. The number of benzene rings is 2. The van der Waals surface area contributed by atoms with Crippen molar-refractivity contribution in [1.82, 2.24) is 0 Å². The fourth-order valence-corrected chi connectivity index (χ4v) is 2.85. The van der Waals surface area contributed by atoms with Crippen molar-refractivity contribution in [3.63, 3.8) is 0 Å². The summed E-state index contributed by atoms with van der Waals surface area (Å²) in [6.45, 7) is 5.43. The van der Waals surface area contributed by atoms with Crippen LogP contribution < -0.4 is 14.2 Å². The van der Waals surface area contributed by atoms with Gasteiger partial charge in [-0.3, -0.25) is 0 Å². The minimum Gasteiger partial charge on any atom is -0.494 e. The van der Waals surface area contributed by atoms with Crippen LogP contribution in [-0.4, -0.2) is 25.7 Å². The molecule has 0 saturated heterocycles. The third-order valence-corrected chi connectivity index (χ3v) is 4.56. The van der Waals surface area contributed by atoms with Gasteiger partial charge < -0.3 is 14.2 Å². The summed E-state index contributed by atoms with van der Waals surface area (Å²) < 4.78 is 17.1. The van der Waals surface area contributed by atoms with E-state index in [0.29, 0.717) is 13.2 Å². The van der Waals surface area contributed by atoms with Gasteiger partial charge in [0.15, 0.2) is 11.5 Å². The Morgan fingerprint density at radius 2 is 1.88 bits per heavy atom. The van der Waals surface area contributed by atoms with Gasteiger partial charge in [0.25, 0.3) is 0 Å². The van der Waals surface area contributed by atoms with Gasteiger partial charge in [-0.05, 0) is 62.3 Å². The van der Waals surface area contributed by atoms with Crippen molar-refractivity contribution in [2.24, 2.45) is 0 Å². The highest BCUT2D eigenvalue weighted by atomic mass is 35.5. The highest BCUT2D eigenvalue weighted by Gasteiger charge is 2.10. The van der Waals surface area contributed by atoms with Gasteiger partial charge in [0.2, 0.25) is 0 Å². The van der Waals surface area contributed by atoms with Crippen molar-refractivity contribution in [2.75, 3.05) is 20.3 Å². The predicted molar refractivity (Wildman–Crippen MR) is 101 cm³/mol. The van der Waals surface area contributed by atoms with Crippen LogP contribution in [-0.2, 0) is 0 Å². The maximum absolute atomic E-state index is 6.14. The third kappa shape index (κ3) is 4.94. The lowest BCUT2D eigenvalue weighted by molar-refractivity contribution is 0.286. The SMILES string of the molecule is CCOc1ccc2c(OC)c(OCCCCC(Cl)CC)ccc2c1. The average molecular weight is 351 g/mol. The van der Waals surface area contributed by atoms with E-state index in [-0.39, 0.29) is 5.38 Å². The molecule has 0 radical (unpaired) electrons. The van der Waals surface area contributed by atoms with Crippen LogP contribution in [0.2, 0.25) is 0 Å². The lowest BCUT2D eigenvalue weighted by atomic mass is 10.1. The van der Waals surface area contributed by atoms with E-state index < -0.39 is 0 Å². The Kier molecular flexibility index (Phi) is 7.51. The van der Waals surface area contributed by atoms with Gasteiger partial charge >= 0.3 is 0 Å². The number of alkyl halides is 1. The van der Waals surface area contributed by atoms with Crippen LogP contribution in [0.1, 0.15) is 39.5 Å². The predicted octanol–water partition coefficient (Wildman–Crippen LogP) is 5.81. The van der Waals surface area contributed by atoms with Crippen LogP contribution in [0.3, 0.4) is 0 Å². The standard InChI is InChI=1S/C20H27ClO3/c1-4-16(21)8-6-7-13-24-19-12-9-15-14-17(23-5-2)10-11-18(15)20(19)22-3/h9-12,14,16H,4-8,13H2,1-3H3. The fraction of sp³-hybridized carbons (Fsp3) is 0.500. The highest BCUT2D eigenvalue weighted by Crippen LogP contribution is 2.37. The Bertz CT molecular complexity index is 642. The van der Waals surface area contributed by atoms with Gasteiger partial charge in [-0.25, -0.2) is 0 Å². The molecular formula is C20H27ClO3. The first-order valence-corrected chi connectivity index (χ1v) is 9.13. The Hall–Kier alpha value is -1.61. The van der Waals surface area contributed by atoms with Gasteiger partial charge in [0, 0.05) is 10.8 Å².